The van der Waals surface area contributed by atoms with Gasteiger partial charge in [-0.1, -0.05) is 0 Å². The molecule has 0 unspecified atom stereocenters. The van der Waals surface area contributed by atoms with Gasteiger partial charge in [-0.2, -0.15) is 0 Å². The maximum atomic E-state index is 12.9. The van der Waals surface area contributed by atoms with Crippen LogP contribution in [0, 0.1) is 0 Å². The second-order valence-electron chi connectivity index (χ2n) is 33.2. The quantitative estimate of drug-likeness (QED) is 0.0403. The summed E-state index contributed by atoms with van der Waals surface area (Å²) in [5, 5.41) is 0. The van der Waals surface area contributed by atoms with Crippen LogP contribution in [0.1, 0.15) is 545 Å². The van der Waals surface area contributed by atoms with Crippen molar-refractivity contribution in [2.45, 2.75) is 545 Å². The van der Waals surface area contributed by atoms with Gasteiger partial charge in [0, 0.05) is 0 Å². The molecule has 0 rings (SSSR count). The molecular formula is C96H180O24Sn3. The van der Waals surface area contributed by atoms with Crippen molar-refractivity contribution >= 4 is 132 Å². The van der Waals surface area contributed by atoms with Crippen LogP contribution in [0.3, 0.4) is 0 Å². The fraction of sp³-hybridized carbons (Fsp3) is 0.875. The zero-order valence-corrected chi connectivity index (χ0v) is 88.8. The first-order valence-corrected chi connectivity index (χ1v) is 64.1. The molecule has 0 bridgehead atoms. The Morgan fingerprint density at radius 3 is 0.244 bits per heavy atom. The molecule has 0 atom stereocenters. The molecule has 0 saturated carbocycles. The second kappa shape index (κ2) is 90.0. The van der Waals surface area contributed by atoms with E-state index in [1.807, 2.05) is 0 Å². The topological polar surface area (TPSA) is 316 Å². The van der Waals surface area contributed by atoms with Crippen LogP contribution in [0.2, 0.25) is 0 Å². The summed E-state index contributed by atoms with van der Waals surface area (Å²) in [5.74, 6) is -7.84. The predicted molar refractivity (Wildman–Crippen MR) is 491 cm³/mol. The van der Waals surface area contributed by atoms with Gasteiger partial charge in [0.1, 0.15) is 0 Å². The standard InChI is InChI=1S/12C8H16O2.3Sn/c12*1-2-3-4-5-6-7-8(9)10;;;/h12*2-7H2,1H3,(H,9,10);;;/q;;;;;;;;;;;;3*+4/p-12. The molecule has 0 amide bonds. The average Bonchev–Trinajstić information content (AvgIpc) is 0.840. The van der Waals surface area contributed by atoms with Crippen LogP contribution >= 0.6 is 0 Å². The van der Waals surface area contributed by atoms with Gasteiger partial charge in [-0.15, -0.1) is 0 Å². The van der Waals surface area contributed by atoms with E-state index < -0.39 is 132 Å². The van der Waals surface area contributed by atoms with Crippen molar-refractivity contribution in [3.05, 3.63) is 0 Å². The molecule has 0 aliphatic heterocycles. The molecule has 24 nitrogen and oxygen atoms in total. The van der Waals surface area contributed by atoms with Gasteiger partial charge in [0.2, 0.25) is 0 Å². The van der Waals surface area contributed by atoms with Crippen molar-refractivity contribution in [1.82, 2.24) is 0 Å². The predicted octanol–water partition coefficient (Wildman–Crippen LogP) is 27.1. The molecule has 0 aliphatic rings. The van der Waals surface area contributed by atoms with Crippen LogP contribution in [-0.4, -0.2) is 132 Å². The molecule has 27 heteroatoms. The van der Waals surface area contributed by atoms with Crippen LogP contribution in [0.4, 0.5) is 0 Å². The van der Waals surface area contributed by atoms with Crippen molar-refractivity contribution in [3.63, 3.8) is 0 Å². The Bertz CT molecular complexity index is 2010. The fourth-order valence-electron chi connectivity index (χ4n) is 13.1. The number of carbonyl (C=O) groups is 12. The zero-order valence-electron chi connectivity index (χ0n) is 80.2. The van der Waals surface area contributed by atoms with E-state index in [1.165, 1.54) is 0 Å². The molecule has 0 heterocycles. The van der Waals surface area contributed by atoms with Crippen LogP contribution < -0.4 is 0 Å². The molecule has 123 heavy (non-hydrogen) atoms. The Morgan fingerprint density at radius 1 is 0.114 bits per heavy atom. The van der Waals surface area contributed by atoms with Crippen LogP contribution in [0.15, 0.2) is 0 Å². The summed E-state index contributed by atoms with van der Waals surface area (Å²) in [6.07, 6.45) is 56.6. The van der Waals surface area contributed by atoms with E-state index in [1.54, 1.807) is 0 Å². The first-order valence-electron chi connectivity index (χ1n) is 50.1. The van der Waals surface area contributed by atoms with Crippen molar-refractivity contribution in [3.8, 4) is 0 Å². The average molecular weight is 2070 g/mol. The van der Waals surface area contributed by atoms with Crippen molar-refractivity contribution in [2.75, 3.05) is 0 Å². The SMILES string of the molecule is CCCCCCCC(=O)[O][Sn]([O]C(=O)CCCCCCC)([O]C(=O)CCCCCCC)[O]C(=O)CCCCCCC.CCCCCCCC(=O)[O][Sn]([O]C(=O)CCCCCCC)([O]C(=O)CCCCCCC)[O]C(=O)CCCCCCC.CCCCCCCC(=O)[O][Sn]([O]C(=O)CCCCCCC)([O]C(=O)CCCCCCC)[O]C(=O)CCCCCCC. The van der Waals surface area contributed by atoms with Crippen LogP contribution in [0.25, 0.3) is 0 Å². The van der Waals surface area contributed by atoms with Gasteiger partial charge in [-0.05, 0) is 0 Å². The Hall–Kier alpha value is -3.96. The van der Waals surface area contributed by atoms with E-state index in [0.717, 1.165) is 308 Å². The Kier molecular flexibility index (Phi) is 90.1. The van der Waals surface area contributed by atoms with Gasteiger partial charge in [0.25, 0.3) is 0 Å². The molecule has 0 N–H and O–H groups in total. The molecule has 0 saturated heterocycles. The monoisotopic (exact) mass is 2080 g/mol. The minimum atomic E-state index is -5.73. The molecular weight excluding hydrogens is 1890 g/mol. The van der Waals surface area contributed by atoms with E-state index in [9.17, 15) is 57.5 Å². The number of hydrogen-bond acceptors (Lipinski definition) is 24. The number of unbranched alkanes of at least 4 members (excludes halogenated alkanes) is 48. The van der Waals surface area contributed by atoms with Gasteiger partial charge < -0.3 is 0 Å². The van der Waals surface area contributed by atoms with Crippen LogP contribution in [-0.2, 0) is 94.4 Å². The molecule has 0 aromatic rings. The van der Waals surface area contributed by atoms with Gasteiger partial charge in [-0.3, -0.25) is 0 Å². The Morgan fingerprint density at radius 2 is 0.179 bits per heavy atom. The summed E-state index contributed by atoms with van der Waals surface area (Å²) in [7, 11) is 0. The Labute approximate surface area is 765 Å². The molecule has 0 fully saturated rings. The van der Waals surface area contributed by atoms with E-state index in [4.69, 9.17) is 36.9 Å². The van der Waals surface area contributed by atoms with Gasteiger partial charge >= 0.3 is 772 Å². The summed E-state index contributed by atoms with van der Waals surface area (Å²) in [6, 6.07) is 0. The van der Waals surface area contributed by atoms with E-state index >= 15 is 0 Å². The first-order chi connectivity index (χ1) is 59.5. The van der Waals surface area contributed by atoms with Crippen molar-refractivity contribution in [1.29, 1.82) is 0 Å². The van der Waals surface area contributed by atoms with Crippen molar-refractivity contribution < 1.29 is 94.4 Å². The maximum absolute atomic E-state index is 12.9. The summed E-state index contributed by atoms with van der Waals surface area (Å²) in [5.41, 5.74) is 0. The molecule has 0 radical (unpaired) electrons. The van der Waals surface area contributed by atoms with Crippen LogP contribution in [0.5, 0.6) is 0 Å². The molecule has 0 aliphatic carbocycles. The molecule has 0 spiro atoms. The summed E-state index contributed by atoms with van der Waals surface area (Å²) < 4.78 is 67.6. The van der Waals surface area contributed by atoms with E-state index in [0.29, 0.717) is 77.0 Å². The third-order valence-electron chi connectivity index (χ3n) is 20.7. The van der Waals surface area contributed by atoms with Gasteiger partial charge in [0.15, 0.2) is 0 Å². The first kappa shape index (κ1) is 123. The molecule has 720 valence electrons. The molecule has 0 aromatic carbocycles. The second-order valence-corrected chi connectivity index (χ2v) is 48.7. The third kappa shape index (κ3) is 81.0. The van der Waals surface area contributed by atoms with Crippen molar-refractivity contribution in [2.24, 2.45) is 0 Å². The normalized spacial score (nSPS) is 11.2. The minimum absolute atomic E-state index is 0.0834. The zero-order chi connectivity index (χ0) is 91.8. The summed E-state index contributed by atoms with van der Waals surface area (Å²) in [4.78, 5) is 155. The summed E-state index contributed by atoms with van der Waals surface area (Å²) in [6.45, 7) is 25.4. The number of carbonyl (C=O) groups excluding carboxylic acids is 12. The third-order valence-corrected chi connectivity index (χ3v) is 37.0. The number of hydrogen-bond donors (Lipinski definition) is 0. The molecule has 0 aromatic heterocycles. The van der Waals surface area contributed by atoms with Gasteiger partial charge in [-0.25, -0.2) is 0 Å². The fourth-order valence-corrected chi connectivity index (χ4v) is 28.3. The Balaban J connectivity index is -0.00000176. The van der Waals surface area contributed by atoms with Gasteiger partial charge in [0.05, 0.1) is 0 Å². The number of rotatable bonds is 84. The summed E-state index contributed by atoms with van der Waals surface area (Å²) >= 11 is -17.2. The van der Waals surface area contributed by atoms with E-state index in [2.05, 4.69) is 83.1 Å². The van der Waals surface area contributed by atoms with E-state index in [-0.39, 0.29) is 77.0 Å².